The van der Waals surface area contributed by atoms with E-state index in [-0.39, 0.29) is 24.8 Å². The molecule has 1 heterocycles. The molecule has 0 aliphatic rings. The van der Waals surface area contributed by atoms with Crippen LogP contribution in [-0.2, 0) is 14.3 Å². The van der Waals surface area contributed by atoms with E-state index in [1.807, 2.05) is 0 Å². The molecular formula is C12H18N4O3. The van der Waals surface area contributed by atoms with Crippen LogP contribution < -0.4 is 16.2 Å². The van der Waals surface area contributed by atoms with Crippen LogP contribution in [0.25, 0.3) is 0 Å². The van der Waals surface area contributed by atoms with Gasteiger partial charge in [0, 0.05) is 12.7 Å². The van der Waals surface area contributed by atoms with Crippen LogP contribution in [0.5, 0.6) is 0 Å². The summed E-state index contributed by atoms with van der Waals surface area (Å²) in [5, 5.41) is 2.84. The fourth-order valence-corrected chi connectivity index (χ4v) is 1.24. The lowest BCUT2D eigenvalue weighted by Crippen LogP contribution is -2.38. The minimum absolute atomic E-state index is 0.110. The fourth-order valence-electron chi connectivity index (χ4n) is 1.24. The van der Waals surface area contributed by atoms with Gasteiger partial charge in [-0.25, -0.2) is 4.98 Å². The Balaban J connectivity index is 2.07. The van der Waals surface area contributed by atoms with Gasteiger partial charge in [-0.15, -0.1) is 0 Å². The molecule has 0 aliphatic carbocycles. The van der Waals surface area contributed by atoms with Crippen molar-refractivity contribution in [2.75, 3.05) is 25.1 Å². The molecule has 3 N–H and O–H groups in total. The molecule has 0 aliphatic heterocycles. The Morgan fingerprint density at radius 2 is 2.21 bits per heavy atom. The topological polar surface area (TPSA) is 92.3 Å². The highest BCUT2D eigenvalue weighted by Crippen LogP contribution is 1.96. The van der Waals surface area contributed by atoms with Gasteiger partial charge >= 0.3 is 5.97 Å². The molecule has 0 spiro atoms. The van der Waals surface area contributed by atoms with Crippen LogP contribution in [0.1, 0.15) is 13.3 Å². The SMILES string of the molecule is CCOC(=O)CCNCC(=O)NNc1ccccn1. The second kappa shape index (κ2) is 8.87. The van der Waals surface area contributed by atoms with E-state index in [1.165, 1.54) is 0 Å². The van der Waals surface area contributed by atoms with Gasteiger partial charge in [0.2, 0.25) is 0 Å². The van der Waals surface area contributed by atoms with Crippen molar-refractivity contribution in [1.29, 1.82) is 0 Å². The number of nitrogens with zero attached hydrogens (tertiary/aromatic N) is 1. The number of carbonyl (C=O) groups excluding carboxylic acids is 2. The van der Waals surface area contributed by atoms with Gasteiger partial charge in [0.1, 0.15) is 5.82 Å². The maximum absolute atomic E-state index is 11.4. The average Bonchev–Trinajstić information content (AvgIpc) is 2.43. The summed E-state index contributed by atoms with van der Waals surface area (Å²) in [6.07, 6.45) is 1.86. The van der Waals surface area contributed by atoms with Crippen LogP contribution in [0.2, 0.25) is 0 Å². The molecule has 7 heteroatoms. The average molecular weight is 266 g/mol. The zero-order valence-electron chi connectivity index (χ0n) is 10.8. The van der Waals surface area contributed by atoms with Gasteiger partial charge in [-0.1, -0.05) is 6.07 Å². The maximum Gasteiger partial charge on any atom is 0.307 e. The minimum atomic E-state index is -0.276. The van der Waals surface area contributed by atoms with E-state index >= 15 is 0 Å². The number of ether oxygens (including phenoxy) is 1. The van der Waals surface area contributed by atoms with E-state index in [0.717, 1.165) is 0 Å². The van der Waals surface area contributed by atoms with Crippen molar-refractivity contribution in [2.45, 2.75) is 13.3 Å². The van der Waals surface area contributed by atoms with E-state index in [0.29, 0.717) is 19.0 Å². The molecule has 0 saturated carbocycles. The third-order valence-corrected chi connectivity index (χ3v) is 2.09. The Kier molecular flexibility index (Phi) is 6.96. The summed E-state index contributed by atoms with van der Waals surface area (Å²) >= 11 is 0. The first-order chi connectivity index (χ1) is 9.22. The van der Waals surface area contributed by atoms with Crippen molar-refractivity contribution in [1.82, 2.24) is 15.7 Å². The Hall–Kier alpha value is -2.15. The van der Waals surface area contributed by atoms with E-state index in [2.05, 4.69) is 21.2 Å². The van der Waals surface area contributed by atoms with Gasteiger partial charge in [-0.05, 0) is 19.1 Å². The molecular weight excluding hydrogens is 248 g/mol. The van der Waals surface area contributed by atoms with E-state index < -0.39 is 0 Å². The molecule has 19 heavy (non-hydrogen) atoms. The number of aromatic nitrogens is 1. The van der Waals surface area contributed by atoms with Crippen LogP contribution in [-0.4, -0.2) is 36.6 Å². The Morgan fingerprint density at radius 1 is 1.37 bits per heavy atom. The summed E-state index contributed by atoms with van der Waals surface area (Å²) in [5.74, 6) is 0.0407. The molecule has 0 aromatic carbocycles. The molecule has 1 aromatic rings. The number of nitrogens with one attached hydrogen (secondary N) is 3. The van der Waals surface area contributed by atoms with Crippen LogP contribution in [0.15, 0.2) is 24.4 Å². The predicted octanol–water partition coefficient (Wildman–Crippen LogP) is 0.0675. The molecule has 104 valence electrons. The standard InChI is InChI=1S/C12H18N4O3/c1-2-19-12(18)6-8-13-9-11(17)16-15-10-5-3-4-7-14-10/h3-5,7,13H,2,6,8-9H2,1H3,(H,14,15)(H,16,17). The van der Waals surface area contributed by atoms with Gasteiger partial charge in [0.15, 0.2) is 0 Å². The number of hydrogen-bond donors (Lipinski definition) is 3. The largest absolute Gasteiger partial charge is 0.466 e. The highest BCUT2D eigenvalue weighted by molar-refractivity contribution is 5.79. The molecule has 0 bridgehead atoms. The van der Waals surface area contributed by atoms with Crippen LogP contribution in [0, 0.1) is 0 Å². The molecule has 1 aromatic heterocycles. The van der Waals surface area contributed by atoms with E-state index in [1.54, 1.807) is 31.3 Å². The molecule has 0 unspecified atom stereocenters. The van der Waals surface area contributed by atoms with E-state index in [4.69, 9.17) is 4.74 Å². The number of rotatable bonds is 8. The number of amides is 1. The lowest BCUT2D eigenvalue weighted by atomic mass is 10.4. The third-order valence-electron chi connectivity index (χ3n) is 2.09. The predicted molar refractivity (Wildman–Crippen MR) is 70.1 cm³/mol. The van der Waals surface area contributed by atoms with Crippen molar-refractivity contribution < 1.29 is 14.3 Å². The minimum Gasteiger partial charge on any atom is -0.466 e. The van der Waals surface area contributed by atoms with E-state index in [9.17, 15) is 9.59 Å². The Bertz CT molecular complexity index is 397. The number of carbonyl (C=O) groups is 2. The number of hydrazine groups is 1. The van der Waals surface area contributed by atoms with Crippen molar-refractivity contribution in [2.24, 2.45) is 0 Å². The first kappa shape index (κ1) is 14.9. The maximum atomic E-state index is 11.4. The highest BCUT2D eigenvalue weighted by atomic mass is 16.5. The summed E-state index contributed by atoms with van der Waals surface area (Å²) in [6.45, 7) is 2.63. The van der Waals surface area contributed by atoms with Gasteiger partial charge in [0.05, 0.1) is 19.6 Å². The summed E-state index contributed by atoms with van der Waals surface area (Å²) in [4.78, 5) is 26.4. The molecule has 0 fully saturated rings. The third kappa shape index (κ3) is 6.99. The zero-order valence-corrected chi connectivity index (χ0v) is 10.8. The summed E-state index contributed by atoms with van der Waals surface area (Å²) in [5.41, 5.74) is 5.15. The zero-order chi connectivity index (χ0) is 13.9. The molecule has 1 rings (SSSR count). The molecule has 0 radical (unpaired) electrons. The number of pyridine rings is 1. The Labute approximate surface area is 111 Å². The molecule has 0 saturated heterocycles. The smallest absolute Gasteiger partial charge is 0.307 e. The van der Waals surface area contributed by atoms with Crippen molar-refractivity contribution in [3.05, 3.63) is 24.4 Å². The molecule has 1 amide bonds. The summed E-state index contributed by atoms with van der Waals surface area (Å²) in [7, 11) is 0. The van der Waals surface area contributed by atoms with Gasteiger partial charge < -0.3 is 10.1 Å². The van der Waals surface area contributed by atoms with Crippen LogP contribution >= 0.6 is 0 Å². The van der Waals surface area contributed by atoms with Crippen LogP contribution in [0.3, 0.4) is 0 Å². The quantitative estimate of drug-likeness (QED) is 0.350. The number of anilines is 1. The monoisotopic (exact) mass is 266 g/mol. The molecule has 7 nitrogen and oxygen atoms in total. The lowest BCUT2D eigenvalue weighted by molar-refractivity contribution is -0.143. The van der Waals surface area contributed by atoms with Gasteiger partial charge in [-0.3, -0.25) is 20.4 Å². The molecule has 0 atom stereocenters. The van der Waals surface area contributed by atoms with Crippen molar-refractivity contribution in [3.63, 3.8) is 0 Å². The van der Waals surface area contributed by atoms with Crippen molar-refractivity contribution >= 4 is 17.7 Å². The van der Waals surface area contributed by atoms with Crippen LogP contribution in [0.4, 0.5) is 5.82 Å². The van der Waals surface area contributed by atoms with Gasteiger partial charge in [0.25, 0.3) is 5.91 Å². The summed E-state index contributed by atoms with van der Waals surface area (Å²) in [6, 6.07) is 5.32. The Morgan fingerprint density at radius 3 is 2.89 bits per heavy atom. The lowest BCUT2D eigenvalue weighted by Gasteiger charge is -2.08. The number of esters is 1. The fraction of sp³-hybridized carbons (Fsp3) is 0.417. The first-order valence-electron chi connectivity index (χ1n) is 6.04. The number of hydrogen-bond acceptors (Lipinski definition) is 6. The highest BCUT2D eigenvalue weighted by Gasteiger charge is 2.03. The first-order valence-corrected chi connectivity index (χ1v) is 6.04. The second-order valence-corrected chi connectivity index (χ2v) is 3.62. The van der Waals surface area contributed by atoms with Crippen molar-refractivity contribution in [3.8, 4) is 0 Å². The van der Waals surface area contributed by atoms with Gasteiger partial charge in [-0.2, -0.15) is 0 Å². The normalized spacial score (nSPS) is 9.74. The summed E-state index contributed by atoms with van der Waals surface area (Å²) < 4.78 is 4.75. The second-order valence-electron chi connectivity index (χ2n) is 3.62.